The highest BCUT2D eigenvalue weighted by molar-refractivity contribution is 5.92. The van der Waals surface area contributed by atoms with Gasteiger partial charge in [-0.25, -0.2) is 0 Å². The Kier molecular flexibility index (Phi) is 6.54. The van der Waals surface area contributed by atoms with Crippen molar-refractivity contribution < 1.29 is 19.0 Å². The molecule has 2 aromatic carbocycles. The SMILES string of the molecule is CCN(CCOc1ccccc1C)CC(=O)Nc1ccc2c(c1)OCCO2. The van der Waals surface area contributed by atoms with Crippen LogP contribution >= 0.6 is 0 Å². The van der Waals surface area contributed by atoms with Crippen LogP contribution in [0.5, 0.6) is 17.2 Å². The zero-order valence-corrected chi connectivity index (χ0v) is 15.9. The van der Waals surface area contributed by atoms with E-state index < -0.39 is 0 Å². The summed E-state index contributed by atoms with van der Waals surface area (Å²) in [5.74, 6) is 2.19. The normalized spacial score (nSPS) is 12.7. The minimum absolute atomic E-state index is 0.0654. The molecule has 1 amide bonds. The molecule has 0 unspecified atom stereocenters. The summed E-state index contributed by atoms with van der Waals surface area (Å²) < 4.78 is 16.9. The van der Waals surface area contributed by atoms with Crippen molar-refractivity contribution in [1.82, 2.24) is 4.90 Å². The summed E-state index contributed by atoms with van der Waals surface area (Å²) in [5, 5.41) is 2.92. The monoisotopic (exact) mass is 370 g/mol. The van der Waals surface area contributed by atoms with Crippen molar-refractivity contribution in [3.63, 3.8) is 0 Å². The number of benzene rings is 2. The smallest absolute Gasteiger partial charge is 0.238 e. The van der Waals surface area contributed by atoms with E-state index in [4.69, 9.17) is 14.2 Å². The third kappa shape index (κ3) is 5.37. The lowest BCUT2D eigenvalue weighted by Crippen LogP contribution is -2.36. The first kappa shape index (κ1) is 19.0. The van der Waals surface area contributed by atoms with Crippen molar-refractivity contribution in [2.75, 3.05) is 44.8 Å². The van der Waals surface area contributed by atoms with E-state index in [2.05, 4.69) is 5.32 Å². The number of rotatable bonds is 8. The van der Waals surface area contributed by atoms with Crippen LogP contribution in [-0.2, 0) is 4.79 Å². The van der Waals surface area contributed by atoms with Crippen LogP contribution in [0.25, 0.3) is 0 Å². The molecule has 6 heteroatoms. The Balaban J connectivity index is 1.47. The molecule has 1 heterocycles. The van der Waals surface area contributed by atoms with Crippen LogP contribution in [-0.4, -0.2) is 50.3 Å². The van der Waals surface area contributed by atoms with Crippen LogP contribution in [0.15, 0.2) is 42.5 Å². The second-order valence-electron chi connectivity index (χ2n) is 6.39. The zero-order chi connectivity index (χ0) is 19.1. The molecule has 0 aliphatic carbocycles. The van der Waals surface area contributed by atoms with Crippen molar-refractivity contribution >= 4 is 11.6 Å². The first-order chi connectivity index (χ1) is 13.2. The van der Waals surface area contributed by atoms with Gasteiger partial charge in [-0.1, -0.05) is 25.1 Å². The average Bonchev–Trinajstić information content (AvgIpc) is 2.68. The number of amides is 1. The van der Waals surface area contributed by atoms with Gasteiger partial charge in [0, 0.05) is 18.3 Å². The summed E-state index contributed by atoms with van der Waals surface area (Å²) in [4.78, 5) is 14.4. The summed E-state index contributed by atoms with van der Waals surface area (Å²) in [6.07, 6.45) is 0. The molecule has 27 heavy (non-hydrogen) atoms. The van der Waals surface area contributed by atoms with E-state index in [-0.39, 0.29) is 5.91 Å². The van der Waals surface area contributed by atoms with Gasteiger partial charge in [0.1, 0.15) is 25.6 Å². The lowest BCUT2D eigenvalue weighted by Gasteiger charge is -2.21. The molecule has 0 radical (unpaired) electrons. The van der Waals surface area contributed by atoms with Gasteiger partial charge in [0.05, 0.1) is 6.54 Å². The van der Waals surface area contributed by atoms with Gasteiger partial charge in [-0.05, 0) is 37.2 Å². The van der Waals surface area contributed by atoms with E-state index in [0.717, 1.165) is 17.9 Å². The molecular formula is C21H26N2O4. The number of hydrogen-bond acceptors (Lipinski definition) is 5. The summed E-state index contributed by atoms with van der Waals surface area (Å²) in [7, 11) is 0. The summed E-state index contributed by atoms with van der Waals surface area (Å²) in [6.45, 7) is 7.42. The van der Waals surface area contributed by atoms with Crippen LogP contribution in [0.1, 0.15) is 12.5 Å². The second-order valence-corrected chi connectivity index (χ2v) is 6.39. The Morgan fingerprint density at radius 2 is 1.93 bits per heavy atom. The maximum atomic E-state index is 12.4. The maximum absolute atomic E-state index is 12.4. The number of nitrogens with one attached hydrogen (secondary N) is 1. The van der Waals surface area contributed by atoms with Crippen LogP contribution < -0.4 is 19.5 Å². The van der Waals surface area contributed by atoms with Gasteiger partial charge in [0.15, 0.2) is 11.5 Å². The third-order valence-corrected chi connectivity index (χ3v) is 4.40. The number of nitrogens with zero attached hydrogens (tertiary/aromatic N) is 1. The van der Waals surface area contributed by atoms with Gasteiger partial charge < -0.3 is 19.5 Å². The highest BCUT2D eigenvalue weighted by Gasteiger charge is 2.14. The molecule has 3 rings (SSSR count). The fraction of sp³-hybridized carbons (Fsp3) is 0.381. The van der Waals surface area contributed by atoms with Gasteiger partial charge in [-0.3, -0.25) is 9.69 Å². The molecule has 0 saturated heterocycles. The average molecular weight is 370 g/mol. The first-order valence-corrected chi connectivity index (χ1v) is 9.26. The summed E-state index contributed by atoms with van der Waals surface area (Å²) >= 11 is 0. The largest absolute Gasteiger partial charge is 0.492 e. The van der Waals surface area contributed by atoms with Crippen LogP contribution in [0, 0.1) is 6.92 Å². The van der Waals surface area contributed by atoms with Gasteiger partial charge in [0.2, 0.25) is 5.91 Å². The van der Waals surface area contributed by atoms with E-state index >= 15 is 0 Å². The number of aryl methyl sites for hydroxylation is 1. The minimum Gasteiger partial charge on any atom is -0.492 e. The quantitative estimate of drug-likeness (QED) is 0.774. The predicted octanol–water partition coefficient (Wildman–Crippen LogP) is 3.11. The molecule has 0 bridgehead atoms. The van der Waals surface area contributed by atoms with Crippen molar-refractivity contribution in [1.29, 1.82) is 0 Å². The molecule has 0 atom stereocenters. The maximum Gasteiger partial charge on any atom is 0.238 e. The zero-order valence-electron chi connectivity index (χ0n) is 15.9. The molecule has 0 fully saturated rings. The lowest BCUT2D eigenvalue weighted by molar-refractivity contribution is -0.117. The molecule has 0 spiro atoms. The summed E-state index contributed by atoms with van der Waals surface area (Å²) in [5.41, 5.74) is 1.81. The first-order valence-electron chi connectivity index (χ1n) is 9.26. The van der Waals surface area contributed by atoms with E-state index in [0.29, 0.717) is 50.1 Å². The third-order valence-electron chi connectivity index (χ3n) is 4.40. The van der Waals surface area contributed by atoms with Crippen molar-refractivity contribution in [3.05, 3.63) is 48.0 Å². The number of anilines is 1. The minimum atomic E-state index is -0.0654. The fourth-order valence-electron chi connectivity index (χ4n) is 2.88. The Labute approximate surface area is 160 Å². The second kappa shape index (κ2) is 9.28. The van der Waals surface area contributed by atoms with Gasteiger partial charge in [-0.15, -0.1) is 0 Å². The molecule has 0 saturated carbocycles. The number of fused-ring (bicyclic) bond motifs is 1. The Bertz CT molecular complexity index is 779. The molecule has 0 aromatic heterocycles. The van der Waals surface area contributed by atoms with Crippen LogP contribution in [0.3, 0.4) is 0 Å². The van der Waals surface area contributed by atoms with Crippen molar-refractivity contribution in [3.8, 4) is 17.2 Å². The van der Waals surface area contributed by atoms with Crippen LogP contribution in [0.4, 0.5) is 5.69 Å². The number of ether oxygens (including phenoxy) is 3. The highest BCUT2D eigenvalue weighted by Crippen LogP contribution is 2.32. The lowest BCUT2D eigenvalue weighted by atomic mass is 10.2. The molecule has 1 N–H and O–H groups in total. The molecular weight excluding hydrogens is 344 g/mol. The van der Waals surface area contributed by atoms with Crippen molar-refractivity contribution in [2.24, 2.45) is 0 Å². The van der Waals surface area contributed by atoms with E-state index in [1.54, 1.807) is 6.07 Å². The number of carbonyl (C=O) groups excluding carboxylic acids is 1. The van der Waals surface area contributed by atoms with Crippen molar-refractivity contribution in [2.45, 2.75) is 13.8 Å². The Hall–Kier alpha value is -2.73. The molecule has 1 aliphatic rings. The standard InChI is InChI=1S/C21H26N2O4/c1-3-23(10-11-25-18-7-5-4-6-16(18)2)15-21(24)22-17-8-9-19-20(14-17)27-13-12-26-19/h4-9,14H,3,10-13,15H2,1-2H3,(H,22,24). The topological polar surface area (TPSA) is 60.0 Å². The summed E-state index contributed by atoms with van der Waals surface area (Å²) in [6, 6.07) is 13.4. The molecule has 144 valence electrons. The molecule has 6 nitrogen and oxygen atoms in total. The molecule has 2 aromatic rings. The highest BCUT2D eigenvalue weighted by atomic mass is 16.6. The Morgan fingerprint density at radius 3 is 2.70 bits per heavy atom. The predicted molar refractivity (Wildman–Crippen MR) is 105 cm³/mol. The van der Waals surface area contributed by atoms with Crippen LogP contribution in [0.2, 0.25) is 0 Å². The fourth-order valence-corrected chi connectivity index (χ4v) is 2.88. The van der Waals surface area contributed by atoms with Gasteiger partial charge in [-0.2, -0.15) is 0 Å². The number of para-hydroxylation sites is 1. The number of carbonyl (C=O) groups is 1. The van der Waals surface area contributed by atoms with Gasteiger partial charge in [0.25, 0.3) is 0 Å². The number of hydrogen-bond donors (Lipinski definition) is 1. The van der Waals surface area contributed by atoms with E-state index in [1.165, 1.54) is 0 Å². The molecule has 1 aliphatic heterocycles. The van der Waals surface area contributed by atoms with E-state index in [1.807, 2.05) is 55.1 Å². The number of likely N-dealkylation sites (N-methyl/N-ethyl adjacent to an activating group) is 1. The van der Waals surface area contributed by atoms with Gasteiger partial charge >= 0.3 is 0 Å². The Morgan fingerprint density at radius 1 is 1.15 bits per heavy atom. The van der Waals surface area contributed by atoms with E-state index in [9.17, 15) is 4.79 Å².